The molecule has 2 rings (SSSR count). The molecule has 2 N–H and O–H groups in total. The van der Waals surface area contributed by atoms with Crippen LogP contribution in [0.3, 0.4) is 0 Å². The van der Waals surface area contributed by atoms with Crippen LogP contribution in [0, 0.1) is 6.92 Å². The first kappa shape index (κ1) is 14.8. The molecule has 0 aliphatic carbocycles. The van der Waals surface area contributed by atoms with Gasteiger partial charge in [-0.3, -0.25) is 0 Å². The van der Waals surface area contributed by atoms with E-state index in [1.165, 1.54) is 17.8 Å². The highest BCUT2D eigenvalue weighted by Crippen LogP contribution is 2.31. The first-order chi connectivity index (χ1) is 9.38. The molecule has 2 aromatic heterocycles. The van der Waals surface area contributed by atoms with Crippen molar-refractivity contribution >= 4 is 11.8 Å². The molecule has 0 saturated heterocycles. The van der Waals surface area contributed by atoms with Gasteiger partial charge in [-0.05, 0) is 36.8 Å². The molecular weight excluding hydrogens is 287 g/mol. The van der Waals surface area contributed by atoms with Gasteiger partial charge in [-0.2, -0.15) is 13.2 Å². The predicted molar refractivity (Wildman–Crippen MR) is 70.2 cm³/mol. The van der Waals surface area contributed by atoms with Gasteiger partial charge in [0, 0.05) is 18.4 Å². The number of aryl methyl sites for hydroxylation is 1. The molecule has 0 aliphatic rings. The van der Waals surface area contributed by atoms with Crippen molar-refractivity contribution in [2.75, 3.05) is 0 Å². The topological polar surface area (TPSA) is 51.8 Å². The number of halogens is 3. The Morgan fingerprint density at radius 2 is 1.95 bits per heavy atom. The molecule has 0 aromatic carbocycles. The highest BCUT2D eigenvalue weighted by atomic mass is 32.2. The van der Waals surface area contributed by atoms with Crippen LogP contribution in [0.4, 0.5) is 13.2 Å². The van der Waals surface area contributed by atoms with Crippen LogP contribution in [0.5, 0.6) is 0 Å². The number of alkyl halides is 3. The van der Waals surface area contributed by atoms with Crippen molar-refractivity contribution in [3.63, 3.8) is 0 Å². The van der Waals surface area contributed by atoms with Gasteiger partial charge in [-0.25, -0.2) is 9.97 Å². The number of pyridine rings is 2. The quantitative estimate of drug-likeness (QED) is 0.943. The van der Waals surface area contributed by atoms with E-state index in [4.69, 9.17) is 5.73 Å². The third-order valence-corrected chi connectivity index (χ3v) is 3.37. The second kappa shape index (κ2) is 5.80. The van der Waals surface area contributed by atoms with E-state index in [-0.39, 0.29) is 0 Å². The standard InChI is InChI=1S/C13H12F3N3S/c1-8-4-9(6-17)5-12(19-8)20-11-3-2-10(7-18-11)13(14,15)16/h2-5,7H,6,17H2,1H3. The number of aromatic nitrogens is 2. The van der Waals surface area contributed by atoms with Crippen molar-refractivity contribution in [1.29, 1.82) is 0 Å². The summed E-state index contributed by atoms with van der Waals surface area (Å²) in [5, 5.41) is 1.12. The molecule has 0 radical (unpaired) electrons. The molecule has 2 aromatic rings. The summed E-state index contributed by atoms with van der Waals surface area (Å²) in [6.45, 7) is 2.22. The van der Waals surface area contributed by atoms with Gasteiger partial charge in [-0.1, -0.05) is 11.8 Å². The van der Waals surface area contributed by atoms with E-state index in [1.54, 1.807) is 6.07 Å². The van der Waals surface area contributed by atoms with Crippen LogP contribution < -0.4 is 5.73 Å². The van der Waals surface area contributed by atoms with E-state index in [0.29, 0.717) is 16.6 Å². The maximum absolute atomic E-state index is 12.4. The number of nitrogens with two attached hydrogens (primary N) is 1. The smallest absolute Gasteiger partial charge is 0.326 e. The highest BCUT2D eigenvalue weighted by Gasteiger charge is 2.30. The van der Waals surface area contributed by atoms with E-state index in [0.717, 1.165) is 23.5 Å². The Hall–Kier alpha value is -1.60. The number of rotatable bonds is 3. The number of hydrogen-bond donors (Lipinski definition) is 1. The summed E-state index contributed by atoms with van der Waals surface area (Å²) >= 11 is 1.21. The van der Waals surface area contributed by atoms with E-state index in [9.17, 15) is 13.2 Å². The summed E-state index contributed by atoms with van der Waals surface area (Å²) in [5.74, 6) is 0. The molecule has 0 fully saturated rings. The average Bonchev–Trinajstić information content (AvgIpc) is 2.37. The molecule has 20 heavy (non-hydrogen) atoms. The minimum absolute atomic E-state index is 0.386. The lowest BCUT2D eigenvalue weighted by atomic mass is 10.2. The second-order valence-electron chi connectivity index (χ2n) is 4.14. The monoisotopic (exact) mass is 299 g/mol. The molecule has 0 aliphatic heterocycles. The van der Waals surface area contributed by atoms with Crippen LogP contribution in [0.2, 0.25) is 0 Å². The van der Waals surface area contributed by atoms with Gasteiger partial charge in [-0.15, -0.1) is 0 Å². The van der Waals surface area contributed by atoms with Crippen LogP contribution in [0.25, 0.3) is 0 Å². The van der Waals surface area contributed by atoms with Crippen molar-refractivity contribution in [3.8, 4) is 0 Å². The predicted octanol–water partition coefficient (Wildman–Crippen LogP) is 3.41. The molecule has 0 bridgehead atoms. The van der Waals surface area contributed by atoms with Crippen molar-refractivity contribution < 1.29 is 13.2 Å². The lowest BCUT2D eigenvalue weighted by Crippen LogP contribution is -2.05. The van der Waals surface area contributed by atoms with Crippen LogP contribution in [-0.2, 0) is 12.7 Å². The van der Waals surface area contributed by atoms with Gasteiger partial charge in [0.15, 0.2) is 0 Å². The van der Waals surface area contributed by atoms with Gasteiger partial charge in [0.05, 0.1) is 5.56 Å². The largest absolute Gasteiger partial charge is 0.417 e. The lowest BCUT2D eigenvalue weighted by molar-refractivity contribution is -0.137. The van der Waals surface area contributed by atoms with Crippen LogP contribution in [0.1, 0.15) is 16.8 Å². The average molecular weight is 299 g/mol. The molecule has 0 amide bonds. The van der Waals surface area contributed by atoms with Gasteiger partial charge in [0.1, 0.15) is 10.1 Å². The van der Waals surface area contributed by atoms with Gasteiger partial charge in [0.2, 0.25) is 0 Å². The van der Waals surface area contributed by atoms with E-state index < -0.39 is 11.7 Å². The Kier molecular flexibility index (Phi) is 4.29. The maximum atomic E-state index is 12.4. The highest BCUT2D eigenvalue weighted by molar-refractivity contribution is 7.99. The molecule has 0 unspecified atom stereocenters. The molecule has 2 heterocycles. The third-order valence-electron chi connectivity index (χ3n) is 2.50. The van der Waals surface area contributed by atoms with Gasteiger partial charge in [0.25, 0.3) is 0 Å². The number of hydrogen-bond acceptors (Lipinski definition) is 4. The van der Waals surface area contributed by atoms with Gasteiger partial charge >= 0.3 is 6.18 Å². The Morgan fingerprint density at radius 1 is 1.20 bits per heavy atom. The van der Waals surface area contributed by atoms with Crippen molar-refractivity contribution in [3.05, 3.63) is 47.3 Å². The fourth-order valence-corrected chi connectivity index (χ4v) is 2.45. The van der Waals surface area contributed by atoms with Crippen LogP contribution in [0.15, 0.2) is 40.5 Å². The number of nitrogens with zero attached hydrogens (tertiary/aromatic N) is 2. The van der Waals surface area contributed by atoms with Crippen molar-refractivity contribution in [2.24, 2.45) is 5.73 Å². The fourth-order valence-electron chi connectivity index (χ4n) is 1.59. The van der Waals surface area contributed by atoms with E-state index >= 15 is 0 Å². The van der Waals surface area contributed by atoms with Crippen LogP contribution >= 0.6 is 11.8 Å². The summed E-state index contributed by atoms with van der Waals surface area (Å²) < 4.78 is 37.3. The Bertz CT molecular complexity index is 597. The summed E-state index contributed by atoms with van der Waals surface area (Å²) in [6.07, 6.45) is -3.55. The molecule has 7 heteroatoms. The minimum Gasteiger partial charge on any atom is -0.326 e. The zero-order valence-corrected chi connectivity index (χ0v) is 11.4. The summed E-state index contributed by atoms with van der Waals surface area (Å²) in [6, 6.07) is 6.01. The van der Waals surface area contributed by atoms with Crippen molar-refractivity contribution in [2.45, 2.75) is 29.7 Å². The summed E-state index contributed by atoms with van der Waals surface area (Å²) in [4.78, 5) is 8.09. The molecule has 0 saturated carbocycles. The molecule has 0 atom stereocenters. The Morgan fingerprint density at radius 3 is 2.50 bits per heavy atom. The fraction of sp³-hybridized carbons (Fsp3) is 0.231. The molecular formula is C13H12F3N3S. The van der Waals surface area contributed by atoms with Gasteiger partial charge < -0.3 is 5.73 Å². The molecule has 106 valence electrons. The van der Waals surface area contributed by atoms with E-state index in [2.05, 4.69) is 9.97 Å². The van der Waals surface area contributed by atoms with E-state index in [1.807, 2.05) is 13.0 Å². The molecule has 3 nitrogen and oxygen atoms in total. The van der Waals surface area contributed by atoms with Crippen LogP contribution in [-0.4, -0.2) is 9.97 Å². The summed E-state index contributed by atoms with van der Waals surface area (Å²) in [5.41, 5.74) is 6.54. The minimum atomic E-state index is -4.37. The SMILES string of the molecule is Cc1cc(CN)cc(Sc2ccc(C(F)(F)F)cn2)n1. The zero-order chi connectivity index (χ0) is 14.8. The Labute approximate surface area is 118 Å². The molecule has 0 spiro atoms. The normalized spacial score (nSPS) is 11.7. The van der Waals surface area contributed by atoms with Crippen molar-refractivity contribution in [1.82, 2.24) is 9.97 Å². The third kappa shape index (κ3) is 3.71. The lowest BCUT2D eigenvalue weighted by Gasteiger charge is -2.07. The zero-order valence-electron chi connectivity index (χ0n) is 10.6. The summed E-state index contributed by atoms with van der Waals surface area (Å²) in [7, 11) is 0. The first-order valence-electron chi connectivity index (χ1n) is 5.77. The maximum Gasteiger partial charge on any atom is 0.417 e. The Balaban J connectivity index is 2.20. The first-order valence-corrected chi connectivity index (χ1v) is 6.59. The second-order valence-corrected chi connectivity index (χ2v) is 5.18.